The van der Waals surface area contributed by atoms with Crippen LogP contribution in [0.15, 0.2) is 24.3 Å². The van der Waals surface area contributed by atoms with Crippen LogP contribution in [-0.4, -0.2) is 20.3 Å². The smallest absolute Gasteiger partial charge is 0.0661 e. The summed E-state index contributed by atoms with van der Waals surface area (Å²) in [5.74, 6) is 0.960. The van der Waals surface area contributed by atoms with Crippen molar-refractivity contribution in [3.63, 3.8) is 0 Å². The monoisotopic (exact) mass is 247 g/mol. The van der Waals surface area contributed by atoms with Crippen LogP contribution in [0.2, 0.25) is 0 Å². The quantitative estimate of drug-likeness (QED) is 0.711. The predicted octanol–water partition coefficient (Wildman–Crippen LogP) is 3.33. The summed E-state index contributed by atoms with van der Waals surface area (Å²) >= 11 is 0. The van der Waals surface area contributed by atoms with Gasteiger partial charge in [-0.05, 0) is 36.9 Å². The highest BCUT2D eigenvalue weighted by Gasteiger charge is 2.20. The summed E-state index contributed by atoms with van der Waals surface area (Å²) in [4.78, 5) is 0. The van der Waals surface area contributed by atoms with Crippen molar-refractivity contribution in [2.24, 2.45) is 5.92 Å². The standard InChI is InChI=1S/C16H25NO/c1-3-13-6-8-15(9-7-13)16(17-2)12-18-11-10-14-4-5-14/h6-9,14,16-17H,3-5,10-12H2,1-2H3. The molecular weight excluding hydrogens is 222 g/mol. The van der Waals surface area contributed by atoms with E-state index in [1.54, 1.807) is 0 Å². The Morgan fingerprint density at radius 2 is 2.00 bits per heavy atom. The molecule has 0 aromatic heterocycles. The van der Waals surface area contributed by atoms with Crippen molar-refractivity contribution in [2.45, 2.75) is 38.6 Å². The summed E-state index contributed by atoms with van der Waals surface area (Å²) in [5.41, 5.74) is 2.71. The lowest BCUT2D eigenvalue weighted by atomic mass is 10.0. The molecule has 1 N–H and O–H groups in total. The summed E-state index contributed by atoms with van der Waals surface area (Å²) < 4.78 is 5.79. The second kappa shape index (κ2) is 6.91. The molecule has 1 aliphatic carbocycles. The SMILES string of the molecule is CCc1ccc(C(COCCC2CC2)NC)cc1. The van der Waals surface area contributed by atoms with Crippen LogP contribution in [0.3, 0.4) is 0 Å². The highest BCUT2D eigenvalue weighted by Crippen LogP contribution is 2.32. The molecule has 0 amide bonds. The second-order valence-electron chi connectivity index (χ2n) is 5.24. The topological polar surface area (TPSA) is 21.3 Å². The molecular formula is C16H25NO. The van der Waals surface area contributed by atoms with E-state index in [9.17, 15) is 0 Å². The van der Waals surface area contributed by atoms with Gasteiger partial charge in [0.05, 0.1) is 12.6 Å². The first kappa shape index (κ1) is 13.6. The van der Waals surface area contributed by atoms with Gasteiger partial charge in [-0.3, -0.25) is 0 Å². The maximum atomic E-state index is 5.79. The normalized spacial score (nSPS) is 16.8. The first-order chi connectivity index (χ1) is 8.83. The molecule has 2 nitrogen and oxygen atoms in total. The molecule has 0 heterocycles. The zero-order chi connectivity index (χ0) is 12.8. The molecule has 1 aromatic rings. The molecule has 2 heteroatoms. The minimum atomic E-state index is 0.315. The van der Waals surface area contributed by atoms with Crippen LogP contribution >= 0.6 is 0 Å². The molecule has 0 spiro atoms. The number of hydrogen-bond donors (Lipinski definition) is 1. The Morgan fingerprint density at radius 3 is 2.56 bits per heavy atom. The van der Waals surface area contributed by atoms with Gasteiger partial charge in [-0.15, -0.1) is 0 Å². The van der Waals surface area contributed by atoms with Gasteiger partial charge in [0.2, 0.25) is 0 Å². The van der Waals surface area contributed by atoms with Crippen molar-refractivity contribution in [1.29, 1.82) is 0 Å². The highest BCUT2D eigenvalue weighted by atomic mass is 16.5. The Labute approximate surface area is 111 Å². The van der Waals surface area contributed by atoms with Crippen LogP contribution in [0.1, 0.15) is 43.4 Å². The van der Waals surface area contributed by atoms with Crippen molar-refractivity contribution >= 4 is 0 Å². The minimum Gasteiger partial charge on any atom is -0.379 e. The van der Waals surface area contributed by atoms with Gasteiger partial charge >= 0.3 is 0 Å². The molecule has 0 radical (unpaired) electrons. The van der Waals surface area contributed by atoms with Crippen LogP contribution in [-0.2, 0) is 11.2 Å². The third-order valence-corrected chi connectivity index (χ3v) is 3.79. The summed E-state index contributed by atoms with van der Waals surface area (Å²) in [6.07, 6.45) is 5.17. The molecule has 1 atom stereocenters. The summed E-state index contributed by atoms with van der Waals surface area (Å²) in [6, 6.07) is 9.16. The summed E-state index contributed by atoms with van der Waals surface area (Å²) in [5, 5.41) is 3.33. The lowest BCUT2D eigenvalue weighted by Crippen LogP contribution is -2.22. The fourth-order valence-corrected chi connectivity index (χ4v) is 2.19. The van der Waals surface area contributed by atoms with E-state index < -0.39 is 0 Å². The van der Waals surface area contributed by atoms with Gasteiger partial charge in [0.25, 0.3) is 0 Å². The molecule has 0 aliphatic heterocycles. The van der Waals surface area contributed by atoms with Crippen molar-refractivity contribution in [3.8, 4) is 0 Å². The van der Waals surface area contributed by atoms with Crippen LogP contribution in [0, 0.1) is 5.92 Å². The van der Waals surface area contributed by atoms with Crippen molar-refractivity contribution in [2.75, 3.05) is 20.3 Å². The maximum absolute atomic E-state index is 5.79. The molecule has 0 bridgehead atoms. The number of likely N-dealkylation sites (N-methyl/N-ethyl adjacent to an activating group) is 1. The molecule has 100 valence electrons. The van der Waals surface area contributed by atoms with E-state index in [1.165, 1.54) is 30.4 Å². The number of ether oxygens (including phenoxy) is 1. The first-order valence-electron chi connectivity index (χ1n) is 7.17. The Morgan fingerprint density at radius 1 is 1.28 bits per heavy atom. The molecule has 1 unspecified atom stereocenters. The first-order valence-corrected chi connectivity index (χ1v) is 7.17. The van der Waals surface area contributed by atoms with Crippen LogP contribution in [0.5, 0.6) is 0 Å². The number of nitrogens with one attached hydrogen (secondary N) is 1. The summed E-state index contributed by atoms with van der Waals surface area (Å²) in [7, 11) is 2.00. The average Bonchev–Trinajstić information content (AvgIpc) is 3.23. The van der Waals surface area contributed by atoms with Crippen molar-refractivity contribution in [1.82, 2.24) is 5.32 Å². The zero-order valence-electron chi connectivity index (χ0n) is 11.6. The van der Waals surface area contributed by atoms with E-state index in [2.05, 4.69) is 36.5 Å². The van der Waals surface area contributed by atoms with Gasteiger partial charge < -0.3 is 10.1 Å². The van der Waals surface area contributed by atoms with E-state index in [1.807, 2.05) is 7.05 Å². The van der Waals surface area contributed by atoms with E-state index in [4.69, 9.17) is 4.74 Å². The predicted molar refractivity (Wildman–Crippen MR) is 75.8 cm³/mol. The largest absolute Gasteiger partial charge is 0.379 e. The fourth-order valence-electron chi connectivity index (χ4n) is 2.19. The van der Waals surface area contributed by atoms with Gasteiger partial charge in [0.1, 0.15) is 0 Å². The van der Waals surface area contributed by atoms with Crippen molar-refractivity contribution in [3.05, 3.63) is 35.4 Å². The van der Waals surface area contributed by atoms with Crippen LogP contribution < -0.4 is 5.32 Å². The Hall–Kier alpha value is -0.860. The molecule has 1 fully saturated rings. The Balaban J connectivity index is 1.78. The zero-order valence-corrected chi connectivity index (χ0v) is 11.6. The van der Waals surface area contributed by atoms with E-state index in [0.717, 1.165) is 25.6 Å². The fraction of sp³-hybridized carbons (Fsp3) is 0.625. The van der Waals surface area contributed by atoms with Gasteiger partial charge in [-0.1, -0.05) is 44.0 Å². The second-order valence-corrected chi connectivity index (χ2v) is 5.24. The van der Waals surface area contributed by atoms with Crippen molar-refractivity contribution < 1.29 is 4.74 Å². The molecule has 1 aromatic carbocycles. The molecule has 18 heavy (non-hydrogen) atoms. The lowest BCUT2D eigenvalue weighted by Gasteiger charge is -2.17. The van der Waals surface area contributed by atoms with Gasteiger partial charge in [0, 0.05) is 6.61 Å². The Kier molecular flexibility index (Phi) is 5.21. The number of hydrogen-bond acceptors (Lipinski definition) is 2. The Bertz CT molecular complexity index is 343. The highest BCUT2D eigenvalue weighted by molar-refractivity contribution is 5.25. The molecule has 2 rings (SSSR count). The minimum absolute atomic E-state index is 0.315. The summed E-state index contributed by atoms with van der Waals surface area (Å²) in [6.45, 7) is 3.87. The van der Waals surface area contributed by atoms with E-state index >= 15 is 0 Å². The van der Waals surface area contributed by atoms with E-state index in [0.29, 0.717) is 6.04 Å². The van der Waals surface area contributed by atoms with E-state index in [-0.39, 0.29) is 0 Å². The lowest BCUT2D eigenvalue weighted by molar-refractivity contribution is 0.108. The molecule has 1 saturated carbocycles. The van der Waals surface area contributed by atoms with Gasteiger partial charge in [-0.25, -0.2) is 0 Å². The van der Waals surface area contributed by atoms with Crippen LogP contribution in [0.4, 0.5) is 0 Å². The molecule has 1 aliphatic rings. The maximum Gasteiger partial charge on any atom is 0.0661 e. The average molecular weight is 247 g/mol. The third kappa shape index (κ3) is 4.11. The third-order valence-electron chi connectivity index (χ3n) is 3.79. The van der Waals surface area contributed by atoms with Crippen LogP contribution in [0.25, 0.3) is 0 Å². The van der Waals surface area contributed by atoms with Gasteiger partial charge in [0.15, 0.2) is 0 Å². The number of aryl methyl sites for hydroxylation is 1. The number of benzene rings is 1. The van der Waals surface area contributed by atoms with Gasteiger partial charge in [-0.2, -0.15) is 0 Å². The molecule has 0 saturated heterocycles. The number of rotatable bonds is 8.